The average molecular weight is 432 g/mol. The summed E-state index contributed by atoms with van der Waals surface area (Å²) in [4.78, 5) is 41.8. The van der Waals surface area contributed by atoms with Crippen LogP contribution in [0.5, 0.6) is 0 Å². The average Bonchev–Trinajstić information content (AvgIpc) is 3.22. The highest BCUT2D eigenvalue weighted by atomic mass is 16.5. The van der Waals surface area contributed by atoms with E-state index >= 15 is 0 Å². The fraction of sp³-hybridized carbons (Fsp3) is 0.476. The maximum atomic E-state index is 13.1. The number of aromatic nitrogens is 2. The van der Waals surface area contributed by atoms with Gasteiger partial charge in [-0.25, -0.2) is 0 Å². The number of hydrogen-bond donors (Lipinski definition) is 1. The van der Waals surface area contributed by atoms with Crippen molar-refractivity contribution < 1.29 is 28.8 Å². The van der Waals surface area contributed by atoms with Crippen molar-refractivity contribution in [2.45, 2.75) is 38.8 Å². The molecule has 1 fully saturated rings. The second-order valence-corrected chi connectivity index (χ2v) is 7.29. The first-order chi connectivity index (χ1) is 14.9. The maximum Gasteiger partial charge on any atom is 0.290 e. The van der Waals surface area contributed by atoms with Crippen molar-refractivity contribution in [2.24, 2.45) is 0 Å². The molecule has 1 aromatic heterocycles. The van der Waals surface area contributed by atoms with Gasteiger partial charge in [-0.3, -0.25) is 14.4 Å². The van der Waals surface area contributed by atoms with E-state index in [0.717, 1.165) is 5.56 Å². The number of carboxylic acid groups (broad SMARTS) is 1. The summed E-state index contributed by atoms with van der Waals surface area (Å²) in [6, 6.07) is 9.07. The molecular weight excluding hydrogens is 404 g/mol. The standard InChI is InChI=1S/C20H26N4O4.CH2O2/c1-14(2)19-21-17(22-28-19)12-24-16(11-15-7-5-4-6-8-15)20(26)23(9-10-27-3)13-18(24)25;2-1-3/h4-8,14,16H,9-13H2,1-3H3;1H,(H,2,3)/t16-;/m1./s1. The van der Waals surface area contributed by atoms with E-state index in [0.29, 0.717) is 31.3 Å². The predicted octanol–water partition coefficient (Wildman–Crippen LogP) is 1.32. The van der Waals surface area contributed by atoms with Gasteiger partial charge >= 0.3 is 0 Å². The monoisotopic (exact) mass is 432 g/mol. The van der Waals surface area contributed by atoms with Gasteiger partial charge in [0, 0.05) is 26.0 Å². The molecule has 1 saturated heterocycles. The molecular formula is C21H28N4O6. The van der Waals surface area contributed by atoms with Crippen molar-refractivity contribution in [1.29, 1.82) is 0 Å². The third-order valence-electron chi connectivity index (χ3n) is 4.75. The number of rotatable bonds is 8. The lowest BCUT2D eigenvalue weighted by Gasteiger charge is -2.39. The SMILES string of the molecule is COCCN1CC(=O)N(Cc2noc(C(C)C)n2)[C@H](Cc2ccccc2)C1=O.O=CO. The molecule has 1 aromatic carbocycles. The van der Waals surface area contributed by atoms with Crippen LogP contribution < -0.4 is 0 Å². The molecule has 0 saturated carbocycles. The summed E-state index contributed by atoms with van der Waals surface area (Å²) in [5.41, 5.74) is 0.989. The lowest BCUT2D eigenvalue weighted by molar-refractivity contribution is -0.157. The van der Waals surface area contributed by atoms with Crippen molar-refractivity contribution in [3.8, 4) is 0 Å². The molecule has 0 unspecified atom stereocenters. The third-order valence-corrected chi connectivity index (χ3v) is 4.75. The Labute approximate surface area is 180 Å². The van der Waals surface area contributed by atoms with Gasteiger partial charge in [0.2, 0.25) is 17.7 Å². The maximum absolute atomic E-state index is 13.1. The highest BCUT2D eigenvalue weighted by Gasteiger charge is 2.39. The zero-order valence-corrected chi connectivity index (χ0v) is 17.9. The van der Waals surface area contributed by atoms with Crippen LogP contribution in [0.25, 0.3) is 0 Å². The second-order valence-electron chi connectivity index (χ2n) is 7.29. The van der Waals surface area contributed by atoms with Gasteiger partial charge in [-0.2, -0.15) is 4.98 Å². The Hall–Kier alpha value is -3.27. The van der Waals surface area contributed by atoms with Crippen LogP contribution >= 0.6 is 0 Å². The van der Waals surface area contributed by atoms with E-state index in [1.807, 2.05) is 44.2 Å². The number of hydrogen-bond acceptors (Lipinski definition) is 7. The van der Waals surface area contributed by atoms with E-state index in [9.17, 15) is 9.59 Å². The molecule has 0 aliphatic carbocycles. The Bertz CT molecular complexity index is 855. The van der Waals surface area contributed by atoms with Crippen LogP contribution in [0.1, 0.15) is 37.0 Å². The first-order valence-electron chi connectivity index (χ1n) is 9.92. The molecule has 0 spiro atoms. The van der Waals surface area contributed by atoms with Crippen molar-refractivity contribution in [3.63, 3.8) is 0 Å². The van der Waals surface area contributed by atoms with Gasteiger partial charge in [-0.05, 0) is 5.56 Å². The van der Waals surface area contributed by atoms with Crippen molar-refractivity contribution >= 4 is 18.3 Å². The molecule has 1 aliphatic heterocycles. The quantitative estimate of drug-likeness (QED) is 0.619. The van der Waals surface area contributed by atoms with Crippen molar-refractivity contribution in [1.82, 2.24) is 19.9 Å². The molecule has 1 atom stereocenters. The molecule has 1 aliphatic rings. The summed E-state index contributed by atoms with van der Waals surface area (Å²) >= 11 is 0. The second kappa shape index (κ2) is 11.8. The smallest absolute Gasteiger partial charge is 0.290 e. The Balaban J connectivity index is 0.00000107. The molecule has 2 heterocycles. The van der Waals surface area contributed by atoms with E-state index in [1.165, 1.54) is 0 Å². The molecule has 2 amide bonds. The zero-order valence-electron chi connectivity index (χ0n) is 17.9. The van der Waals surface area contributed by atoms with Crippen LogP contribution in [0.2, 0.25) is 0 Å². The Morgan fingerprint density at radius 2 is 1.97 bits per heavy atom. The Morgan fingerprint density at radius 1 is 1.29 bits per heavy atom. The number of ether oxygens (including phenoxy) is 1. The van der Waals surface area contributed by atoms with Crippen LogP contribution in [0, 0.1) is 0 Å². The number of piperazine rings is 1. The van der Waals surface area contributed by atoms with Gasteiger partial charge in [0.05, 0.1) is 19.7 Å². The van der Waals surface area contributed by atoms with Crippen LogP contribution in [0.4, 0.5) is 0 Å². The third kappa shape index (κ3) is 6.61. The minimum absolute atomic E-state index is 0.0301. The molecule has 0 radical (unpaired) electrons. The number of carbonyl (C=O) groups excluding carboxylic acids is 2. The summed E-state index contributed by atoms with van der Waals surface area (Å²) in [6.07, 6.45) is 0.434. The first kappa shape index (κ1) is 24.0. The molecule has 1 N–H and O–H groups in total. The van der Waals surface area contributed by atoms with Gasteiger partial charge in [-0.1, -0.05) is 49.3 Å². The largest absolute Gasteiger partial charge is 0.483 e. The van der Waals surface area contributed by atoms with E-state index in [1.54, 1.807) is 16.9 Å². The van der Waals surface area contributed by atoms with Crippen molar-refractivity contribution in [2.75, 3.05) is 26.8 Å². The molecule has 10 nitrogen and oxygen atoms in total. The van der Waals surface area contributed by atoms with Gasteiger partial charge in [0.25, 0.3) is 6.47 Å². The summed E-state index contributed by atoms with van der Waals surface area (Å²) in [6.45, 7) is 4.62. The van der Waals surface area contributed by atoms with Crippen LogP contribution in [0.15, 0.2) is 34.9 Å². The van der Waals surface area contributed by atoms with E-state index in [-0.39, 0.29) is 37.3 Å². The summed E-state index contributed by atoms with van der Waals surface area (Å²) in [5.74, 6) is 0.811. The van der Waals surface area contributed by atoms with Crippen molar-refractivity contribution in [3.05, 3.63) is 47.6 Å². The first-order valence-corrected chi connectivity index (χ1v) is 9.92. The molecule has 0 bridgehead atoms. The van der Waals surface area contributed by atoms with Crippen LogP contribution in [-0.4, -0.2) is 76.2 Å². The number of carbonyl (C=O) groups is 3. The highest BCUT2D eigenvalue weighted by Crippen LogP contribution is 2.20. The lowest BCUT2D eigenvalue weighted by atomic mass is 10.0. The summed E-state index contributed by atoms with van der Waals surface area (Å²) in [7, 11) is 1.58. The van der Waals surface area contributed by atoms with E-state index in [2.05, 4.69) is 10.1 Å². The van der Waals surface area contributed by atoms with Gasteiger partial charge < -0.3 is 24.2 Å². The van der Waals surface area contributed by atoms with Gasteiger partial charge in [0.1, 0.15) is 6.04 Å². The van der Waals surface area contributed by atoms with E-state index in [4.69, 9.17) is 19.2 Å². The molecule has 31 heavy (non-hydrogen) atoms. The zero-order chi connectivity index (χ0) is 22.8. The molecule has 168 valence electrons. The predicted molar refractivity (Wildman–Crippen MR) is 110 cm³/mol. The van der Waals surface area contributed by atoms with E-state index < -0.39 is 6.04 Å². The van der Waals surface area contributed by atoms with Gasteiger partial charge in [0.15, 0.2) is 5.82 Å². The fourth-order valence-corrected chi connectivity index (χ4v) is 3.19. The van der Waals surface area contributed by atoms with Crippen LogP contribution in [-0.2, 0) is 32.1 Å². The lowest BCUT2D eigenvalue weighted by Crippen LogP contribution is -2.60. The summed E-state index contributed by atoms with van der Waals surface area (Å²) < 4.78 is 10.3. The number of benzene rings is 1. The fourth-order valence-electron chi connectivity index (χ4n) is 3.19. The van der Waals surface area contributed by atoms with Crippen LogP contribution in [0.3, 0.4) is 0 Å². The molecule has 10 heteroatoms. The minimum Gasteiger partial charge on any atom is -0.483 e. The Morgan fingerprint density at radius 3 is 2.55 bits per heavy atom. The number of nitrogens with zero attached hydrogens (tertiary/aromatic N) is 4. The van der Waals surface area contributed by atoms with Gasteiger partial charge in [-0.15, -0.1) is 0 Å². The molecule has 2 aromatic rings. The highest BCUT2D eigenvalue weighted by molar-refractivity contribution is 5.95. The Kier molecular flexibility index (Phi) is 9.13. The normalized spacial score (nSPS) is 16.3. The summed E-state index contributed by atoms with van der Waals surface area (Å²) in [5, 5.41) is 10.9. The number of amides is 2. The number of methoxy groups -OCH3 is 1. The minimum atomic E-state index is -0.610. The molecule has 3 rings (SSSR count). The topological polar surface area (TPSA) is 126 Å².